The first kappa shape index (κ1) is 13.4. The van der Waals surface area contributed by atoms with E-state index in [0.717, 1.165) is 10.2 Å². The third kappa shape index (κ3) is 4.05. The zero-order chi connectivity index (χ0) is 9.84. The highest BCUT2D eigenvalue weighted by molar-refractivity contribution is 9.10. The Morgan fingerprint density at radius 1 is 1.43 bits per heavy atom. The lowest BCUT2D eigenvalue weighted by atomic mass is 10.2. The first-order valence-corrected chi connectivity index (χ1v) is 5.15. The molecule has 0 aliphatic rings. The summed E-state index contributed by atoms with van der Waals surface area (Å²) in [5.41, 5.74) is 0.959. The molecule has 0 N–H and O–H groups in total. The van der Waals surface area contributed by atoms with Crippen LogP contribution in [0.1, 0.15) is 19.5 Å². The van der Waals surface area contributed by atoms with Crippen LogP contribution in [0.25, 0.3) is 0 Å². The number of aromatic nitrogens is 1. The Balaban J connectivity index is 0.00000169. The zero-order valence-corrected chi connectivity index (χ0v) is 10.2. The van der Waals surface area contributed by atoms with Crippen molar-refractivity contribution in [1.82, 2.24) is 4.98 Å². The van der Waals surface area contributed by atoms with Gasteiger partial charge in [-0.25, -0.2) is 4.98 Å². The molecule has 2 nitrogen and oxygen atoms in total. The molecule has 1 aromatic rings. The summed E-state index contributed by atoms with van der Waals surface area (Å²) in [7, 11) is 0. The fourth-order valence-electron chi connectivity index (χ4n) is 0.853. The van der Waals surface area contributed by atoms with Crippen LogP contribution in [0.15, 0.2) is 16.6 Å². The summed E-state index contributed by atoms with van der Waals surface area (Å²) < 4.78 is 6.49. The van der Waals surface area contributed by atoms with Crippen LogP contribution in [-0.2, 0) is 0 Å². The summed E-state index contributed by atoms with van der Waals surface area (Å²) >= 11 is 3.39. The predicted octanol–water partition coefficient (Wildman–Crippen LogP) is 3.34. The molecule has 0 aliphatic heterocycles. The Morgan fingerprint density at radius 2 is 2.07 bits per heavy atom. The van der Waals surface area contributed by atoms with E-state index < -0.39 is 0 Å². The molecule has 0 saturated heterocycles. The minimum absolute atomic E-state index is 0. The average molecular weight is 264 g/mol. The van der Waals surface area contributed by atoms with E-state index >= 15 is 0 Å². The Labute approximate surface area is 92.2 Å². The monoisotopic (exact) mass is 263 g/mol. The Bertz CT molecular complexity index is 291. The van der Waals surface area contributed by atoms with Crippen LogP contribution < -0.4 is 4.74 Å². The number of hydrogen-bond donors (Lipinski definition) is 0. The lowest BCUT2D eigenvalue weighted by Crippen LogP contribution is -2.05. The Kier molecular flexibility index (Phi) is 5.69. The van der Waals surface area contributed by atoms with Crippen LogP contribution in [0.4, 0.5) is 4.70 Å². The minimum Gasteiger partial charge on any atom is -0.477 e. The second kappa shape index (κ2) is 5.96. The van der Waals surface area contributed by atoms with Gasteiger partial charge < -0.3 is 4.74 Å². The topological polar surface area (TPSA) is 22.1 Å². The molecule has 0 aromatic carbocycles. The van der Waals surface area contributed by atoms with E-state index in [1.54, 1.807) is 0 Å². The third-order valence-electron chi connectivity index (χ3n) is 1.56. The molecule has 0 aliphatic carbocycles. The van der Waals surface area contributed by atoms with Crippen LogP contribution in [0, 0.1) is 12.8 Å². The largest absolute Gasteiger partial charge is 0.477 e. The molecule has 0 fully saturated rings. The van der Waals surface area contributed by atoms with Crippen molar-refractivity contribution in [2.24, 2.45) is 5.92 Å². The number of halogens is 2. The molecule has 4 heteroatoms. The van der Waals surface area contributed by atoms with E-state index in [1.165, 1.54) is 0 Å². The van der Waals surface area contributed by atoms with E-state index in [9.17, 15) is 0 Å². The first-order valence-electron chi connectivity index (χ1n) is 4.35. The highest BCUT2D eigenvalue weighted by Crippen LogP contribution is 2.17. The number of rotatable bonds is 3. The maximum absolute atomic E-state index is 5.47. The van der Waals surface area contributed by atoms with Crippen LogP contribution >= 0.6 is 15.9 Å². The number of nitrogens with zero attached hydrogens (tertiary/aromatic N) is 1. The SMILES string of the molecule is Cc1nc(OCC(C)C)ccc1Br.F. The van der Waals surface area contributed by atoms with Crippen molar-refractivity contribution in [1.29, 1.82) is 0 Å². The van der Waals surface area contributed by atoms with Crippen molar-refractivity contribution < 1.29 is 9.44 Å². The predicted molar refractivity (Wildman–Crippen MR) is 59.5 cm³/mol. The molecule has 0 saturated carbocycles. The van der Waals surface area contributed by atoms with Gasteiger partial charge >= 0.3 is 0 Å². The quantitative estimate of drug-likeness (QED) is 0.835. The fourth-order valence-corrected chi connectivity index (χ4v) is 1.07. The summed E-state index contributed by atoms with van der Waals surface area (Å²) in [6.45, 7) is 6.90. The zero-order valence-electron chi connectivity index (χ0n) is 8.58. The van der Waals surface area contributed by atoms with Gasteiger partial charge in [0.25, 0.3) is 0 Å². The molecule has 0 atom stereocenters. The van der Waals surface area contributed by atoms with E-state index in [1.807, 2.05) is 19.1 Å². The molecule has 14 heavy (non-hydrogen) atoms. The second-order valence-electron chi connectivity index (χ2n) is 3.42. The van der Waals surface area contributed by atoms with Crippen LogP contribution in [0.3, 0.4) is 0 Å². The van der Waals surface area contributed by atoms with Crippen molar-refractivity contribution in [3.8, 4) is 5.88 Å². The van der Waals surface area contributed by atoms with Gasteiger partial charge in [0.15, 0.2) is 0 Å². The summed E-state index contributed by atoms with van der Waals surface area (Å²) in [5, 5.41) is 0. The van der Waals surface area contributed by atoms with Gasteiger partial charge in [0.05, 0.1) is 12.3 Å². The van der Waals surface area contributed by atoms with Crippen molar-refractivity contribution >= 4 is 15.9 Å². The van der Waals surface area contributed by atoms with Crippen LogP contribution in [0.2, 0.25) is 0 Å². The van der Waals surface area contributed by atoms with E-state index in [-0.39, 0.29) is 4.70 Å². The Hall–Kier alpha value is -0.640. The molecule has 0 unspecified atom stereocenters. The third-order valence-corrected chi connectivity index (χ3v) is 2.40. The molecule has 0 spiro atoms. The van der Waals surface area contributed by atoms with Gasteiger partial charge in [-0.1, -0.05) is 13.8 Å². The summed E-state index contributed by atoms with van der Waals surface area (Å²) in [4.78, 5) is 4.28. The number of pyridine rings is 1. The highest BCUT2D eigenvalue weighted by atomic mass is 79.9. The molecule has 0 amide bonds. The van der Waals surface area contributed by atoms with Gasteiger partial charge in [0.1, 0.15) is 0 Å². The standard InChI is InChI=1S/C10H14BrNO.FH/c1-7(2)6-13-10-5-4-9(11)8(3)12-10;/h4-5,7H,6H2,1-3H3;1H. The van der Waals surface area contributed by atoms with Gasteiger partial charge in [0.2, 0.25) is 5.88 Å². The number of aryl methyl sites for hydroxylation is 1. The first-order chi connectivity index (χ1) is 6.09. The lowest BCUT2D eigenvalue weighted by molar-refractivity contribution is 0.261. The van der Waals surface area contributed by atoms with Gasteiger partial charge in [-0.05, 0) is 34.8 Å². The average Bonchev–Trinajstić information content (AvgIpc) is 2.07. The highest BCUT2D eigenvalue weighted by Gasteiger charge is 2.00. The molecule has 1 aromatic heterocycles. The van der Waals surface area contributed by atoms with E-state index in [4.69, 9.17) is 4.74 Å². The molecule has 0 bridgehead atoms. The second-order valence-corrected chi connectivity index (χ2v) is 4.28. The fraction of sp³-hybridized carbons (Fsp3) is 0.500. The molecule has 1 heterocycles. The Morgan fingerprint density at radius 3 is 2.57 bits per heavy atom. The van der Waals surface area contributed by atoms with Crippen molar-refractivity contribution in [3.05, 3.63) is 22.3 Å². The minimum atomic E-state index is 0. The summed E-state index contributed by atoms with van der Waals surface area (Å²) in [5.74, 6) is 1.24. The van der Waals surface area contributed by atoms with E-state index in [2.05, 4.69) is 34.8 Å². The molecule has 1 rings (SSSR count). The summed E-state index contributed by atoms with van der Waals surface area (Å²) in [6, 6.07) is 3.83. The van der Waals surface area contributed by atoms with Gasteiger partial charge in [-0.15, -0.1) is 0 Å². The normalized spacial score (nSPS) is 9.79. The summed E-state index contributed by atoms with van der Waals surface area (Å²) in [6.07, 6.45) is 0. The van der Waals surface area contributed by atoms with Crippen molar-refractivity contribution in [2.75, 3.05) is 6.61 Å². The molecular formula is C10H15BrFNO. The molecule has 80 valence electrons. The maximum atomic E-state index is 5.47. The molecule has 0 radical (unpaired) electrons. The smallest absolute Gasteiger partial charge is 0.213 e. The van der Waals surface area contributed by atoms with Crippen LogP contribution in [0.5, 0.6) is 5.88 Å². The van der Waals surface area contributed by atoms with Crippen molar-refractivity contribution in [2.45, 2.75) is 20.8 Å². The maximum Gasteiger partial charge on any atom is 0.213 e. The molecular weight excluding hydrogens is 249 g/mol. The number of ether oxygens (including phenoxy) is 1. The van der Waals surface area contributed by atoms with Crippen molar-refractivity contribution in [3.63, 3.8) is 0 Å². The van der Waals surface area contributed by atoms with Gasteiger partial charge in [-0.2, -0.15) is 0 Å². The van der Waals surface area contributed by atoms with Gasteiger partial charge in [-0.3, -0.25) is 4.70 Å². The number of hydrogen-bond acceptors (Lipinski definition) is 2. The van der Waals surface area contributed by atoms with Crippen LogP contribution in [-0.4, -0.2) is 11.6 Å². The van der Waals surface area contributed by atoms with E-state index in [0.29, 0.717) is 18.4 Å². The lowest BCUT2D eigenvalue weighted by Gasteiger charge is -2.08. The van der Waals surface area contributed by atoms with Gasteiger partial charge in [0, 0.05) is 10.5 Å².